The second-order valence-corrected chi connectivity index (χ2v) is 6.26. The van der Waals surface area contributed by atoms with E-state index in [9.17, 15) is 4.21 Å². The summed E-state index contributed by atoms with van der Waals surface area (Å²) < 4.78 is 12.0. The maximum absolute atomic E-state index is 12.0. The Morgan fingerprint density at radius 3 is 2.88 bits per heavy atom. The molecule has 0 radical (unpaired) electrons. The molecule has 2 rings (SSSR count). The summed E-state index contributed by atoms with van der Waals surface area (Å²) in [7, 11) is -0.740. The van der Waals surface area contributed by atoms with Crippen LogP contribution in [0, 0.1) is 5.92 Å². The predicted octanol–water partition coefficient (Wildman–Crippen LogP) is 1.98. The lowest BCUT2D eigenvalue weighted by Crippen LogP contribution is -2.10. The van der Waals surface area contributed by atoms with Crippen molar-refractivity contribution in [2.45, 2.75) is 38.0 Å². The molecule has 0 aliphatic heterocycles. The molecule has 1 aliphatic rings. The SMILES string of the molecule is NCc1cc(CS(=O)CC2CCCC2)ccn1. The molecule has 2 N–H and O–H groups in total. The highest BCUT2D eigenvalue weighted by Crippen LogP contribution is 2.25. The molecule has 1 fully saturated rings. The molecular weight excluding hydrogens is 232 g/mol. The van der Waals surface area contributed by atoms with Gasteiger partial charge in [-0.2, -0.15) is 0 Å². The summed E-state index contributed by atoms with van der Waals surface area (Å²) in [6.07, 6.45) is 6.90. The van der Waals surface area contributed by atoms with Gasteiger partial charge in [-0.1, -0.05) is 12.8 Å². The normalized spacial score (nSPS) is 18.4. The molecular formula is C13H20N2OS. The summed E-state index contributed by atoms with van der Waals surface area (Å²) >= 11 is 0. The molecule has 0 aromatic carbocycles. The van der Waals surface area contributed by atoms with E-state index in [-0.39, 0.29) is 0 Å². The van der Waals surface area contributed by atoms with Gasteiger partial charge >= 0.3 is 0 Å². The van der Waals surface area contributed by atoms with Gasteiger partial charge in [-0.05, 0) is 36.5 Å². The fraction of sp³-hybridized carbons (Fsp3) is 0.615. The van der Waals surface area contributed by atoms with Crippen molar-refractivity contribution in [3.05, 3.63) is 29.6 Å². The van der Waals surface area contributed by atoms with Crippen LogP contribution in [0.3, 0.4) is 0 Å². The average molecular weight is 252 g/mol. The Hall–Kier alpha value is -0.740. The summed E-state index contributed by atoms with van der Waals surface area (Å²) in [5.74, 6) is 2.19. The number of rotatable bonds is 5. The molecule has 1 aromatic heterocycles. The van der Waals surface area contributed by atoms with E-state index in [1.807, 2.05) is 12.1 Å². The molecule has 4 heteroatoms. The third-order valence-corrected chi connectivity index (χ3v) is 4.81. The van der Waals surface area contributed by atoms with Crippen LogP contribution >= 0.6 is 0 Å². The van der Waals surface area contributed by atoms with Gasteiger partial charge in [0.2, 0.25) is 0 Å². The zero-order valence-electron chi connectivity index (χ0n) is 10.1. The van der Waals surface area contributed by atoms with Crippen LogP contribution in [0.2, 0.25) is 0 Å². The van der Waals surface area contributed by atoms with E-state index in [1.165, 1.54) is 25.7 Å². The summed E-state index contributed by atoms with van der Waals surface area (Å²) in [5.41, 5.74) is 7.51. The minimum atomic E-state index is -0.740. The predicted molar refractivity (Wildman–Crippen MR) is 70.8 cm³/mol. The van der Waals surface area contributed by atoms with E-state index in [1.54, 1.807) is 6.20 Å². The van der Waals surface area contributed by atoms with Gasteiger partial charge in [-0.25, -0.2) is 0 Å². The standard InChI is InChI=1S/C13H20N2OS/c14-8-13-7-12(5-6-15-13)10-17(16)9-11-3-1-2-4-11/h5-7,11H,1-4,8-10,14H2. The van der Waals surface area contributed by atoms with Crippen molar-refractivity contribution in [2.24, 2.45) is 11.7 Å². The van der Waals surface area contributed by atoms with Crippen molar-refractivity contribution in [1.29, 1.82) is 0 Å². The number of hydrogen-bond donors (Lipinski definition) is 1. The molecule has 94 valence electrons. The zero-order chi connectivity index (χ0) is 12.1. The van der Waals surface area contributed by atoms with E-state index < -0.39 is 10.8 Å². The number of nitrogens with zero attached hydrogens (tertiary/aromatic N) is 1. The second-order valence-electron chi connectivity index (χ2n) is 4.76. The molecule has 17 heavy (non-hydrogen) atoms. The molecule has 1 aliphatic carbocycles. The minimum absolute atomic E-state index is 0.448. The Labute approximate surface area is 105 Å². The van der Waals surface area contributed by atoms with E-state index in [0.717, 1.165) is 17.0 Å². The second kappa shape index (κ2) is 6.26. The Kier molecular flexibility index (Phi) is 4.68. The average Bonchev–Trinajstić information content (AvgIpc) is 2.82. The highest BCUT2D eigenvalue weighted by Gasteiger charge is 2.17. The molecule has 1 aromatic rings. The Balaban J connectivity index is 1.88. The fourth-order valence-corrected chi connectivity index (χ4v) is 3.94. The first kappa shape index (κ1) is 12.7. The van der Waals surface area contributed by atoms with Crippen molar-refractivity contribution < 1.29 is 4.21 Å². The van der Waals surface area contributed by atoms with E-state index in [2.05, 4.69) is 4.98 Å². The van der Waals surface area contributed by atoms with Gasteiger partial charge in [0.1, 0.15) is 0 Å². The molecule has 1 unspecified atom stereocenters. The van der Waals surface area contributed by atoms with Gasteiger partial charge in [-0.3, -0.25) is 9.19 Å². The first-order chi connectivity index (χ1) is 8.28. The third-order valence-electron chi connectivity index (χ3n) is 3.31. The molecule has 0 spiro atoms. The van der Waals surface area contributed by atoms with Gasteiger partial charge < -0.3 is 5.73 Å². The highest BCUT2D eigenvalue weighted by molar-refractivity contribution is 7.84. The van der Waals surface area contributed by atoms with Crippen molar-refractivity contribution in [2.75, 3.05) is 5.75 Å². The van der Waals surface area contributed by atoms with Crippen LogP contribution in [0.1, 0.15) is 36.9 Å². The fourth-order valence-electron chi connectivity index (χ4n) is 2.41. The first-order valence-electron chi connectivity index (χ1n) is 6.27. The van der Waals surface area contributed by atoms with E-state index in [4.69, 9.17) is 5.73 Å². The van der Waals surface area contributed by atoms with Crippen LogP contribution in [-0.2, 0) is 23.1 Å². The lowest BCUT2D eigenvalue weighted by molar-refractivity contribution is 0.604. The van der Waals surface area contributed by atoms with Crippen molar-refractivity contribution >= 4 is 10.8 Å². The van der Waals surface area contributed by atoms with Crippen LogP contribution in [0.5, 0.6) is 0 Å². The van der Waals surface area contributed by atoms with Crippen LogP contribution in [0.25, 0.3) is 0 Å². The molecule has 1 saturated carbocycles. The van der Waals surface area contributed by atoms with Crippen LogP contribution in [0.4, 0.5) is 0 Å². The number of aromatic nitrogens is 1. The first-order valence-corrected chi connectivity index (χ1v) is 7.75. The Morgan fingerprint density at radius 1 is 1.41 bits per heavy atom. The van der Waals surface area contributed by atoms with E-state index >= 15 is 0 Å². The van der Waals surface area contributed by atoms with Gasteiger partial charge in [0.25, 0.3) is 0 Å². The summed E-state index contributed by atoms with van der Waals surface area (Å²) in [5, 5.41) is 0. The van der Waals surface area contributed by atoms with Crippen LogP contribution < -0.4 is 5.73 Å². The molecule has 1 atom stereocenters. The van der Waals surface area contributed by atoms with Crippen molar-refractivity contribution in [3.8, 4) is 0 Å². The highest BCUT2D eigenvalue weighted by atomic mass is 32.2. The summed E-state index contributed by atoms with van der Waals surface area (Å²) in [4.78, 5) is 4.14. The lowest BCUT2D eigenvalue weighted by atomic mass is 10.1. The third kappa shape index (κ3) is 3.89. The van der Waals surface area contributed by atoms with E-state index in [0.29, 0.717) is 18.2 Å². The monoisotopic (exact) mass is 252 g/mol. The number of hydrogen-bond acceptors (Lipinski definition) is 3. The molecule has 1 heterocycles. The van der Waals surface area contributed by atoms with Gasteiger partial charge in [0.05, 0.1) is 5.69 Å². The molecule has 0 saturated heterocycles. The van der Waals surface area contributed by atoms with Crippen molar-refractivity contribution in [1.82, 2.24) is 4.98 Å². The van der Waals surface area contributed by atoms with Gasteiger partial charge in [-0.15, -0.1) is 0 Å². The van der Waals surface area contributed by atoms with Crippen LogP contribution in [0.15, 0.2) is 18.3 Å². The smallest absolute Gasteiger partial charge is 0.0542 e. The number of pyridine rings is 1. The maximum atomic E-state index is 12.0. The van der Waals surface area contributed by atoms with Crippen molar-refractivity contribution in [3.63, 3.8) is 0 Å². The zero-order valence-corrected chi connectivity index (χ0v) is 10.9. The largest absolute Gasteiger partial charge is 0.325 e. The quantitative estimate of drug-likeness (QED) is 0.871. The molecule has 3 nitrogen and oxygen atoms in total. The summed E-state index contributed by atoms with van der Waals surface area (Å²) in [6.45, 7) is 0.448. The molecule has 0 bridgehead atoms. The van der Waals surface area contributed by atoms with Gasteiger partial charge in [0.15, 0.2) is 0 Å². The van der Waals surface area contributed by atoms with Crippen LogP contribution in [-0.4, -0.2) is 14.9 Å². The molecule has 0 amide bonds. The Bertz CT molecular complexity index is 389. The Morgan fingerprint density at radius 2 is 2.18 bits per heavy atom. The topological polar surface area (TPSA) is 56.0 Å². The summed E-state index contributed by atoms with van der Waals surface area (Å²) in [6, 6.07) is 3.90. The maximum Gasteiger partial charge on any atom is 0.0542 e. The lowest BCUT2D eigenvalue weighted by Gasteiger charge is -2.08. The van der Waals surface area contributed by atoms with Gasteiger partial charge in [0, 0.05) is 35.0 Å². The number of nitrogens with two attached hydrogens (primary N) is 1. The minimum Gasteiger partial charge on any atom is -0.325 e.